The van der Waals surface area contributed by atoms with Crippen LogP contribution in [0.3, 0.4) is 0 Å². The lowest BCUT2D eigenvalue weighted by molar-refractivity contribution is -0.115. The number of thiazole rings is 1. The zero-order valence-corrected chi connectivity index (χ0v) is 13.1. The highest BCUT2D eigenvalue weighted by Gasteiger charge is 2.14. The number of rotatable bonds is 3. The van der Waals surface area contributed by atoms with Crippen LogP contribution in [0.25, 0.3) is 4.96 Å². The Kier molecular flexibility index (Phi) is 3.77. The van der Waals surface area contributed by atoms with E-state index >= 15 is 0 Å². The number of carbonyl (C=O) groups excluding carboxylic acids is 1. The highest BCUT2D eigenvalue weighted by molar-refractivity contribution is 7.15. The molecule has 0 unspecified atom stereocenters. The van der Waals surface area contributed by atoms with Crippen molar-refractivity contribution in [2.75, 3.05) is 5.32 Å². The summed E-state index contributed by atoms with van der Waals surface area (Å²) in [6, 6.07) is 7.70. The molecule has 0 aliphatic carbocycles. The molecule has 0 aliphatic rings. The molecule has 0 atom stereocenters. The highest BCUT2D eigenvalue weighted by atomic mass is 32.1. The standard InChI is InChI=1S/C16H15N3O2S/c1-10-5-3-4-6-12(10)9-13(20)18-14-11(2)17-16-19(15(14)21)7-8-22-16/h3-8H,9H2,1-2H3,(H,18,20). The first-order valence-electron chi connectivity index (χ1n) is 6.87. The Labute approximate surface area is 131 Å². The Morgan fingerprint density at radius 3 is 2.86 bits per heavy atom. The van der Waals surface area contributed by atoms with Crippen molar-refractivity contribution in [2.45, 2.75) is 20.3 Å². The van der Waals surface area contributed by atoms with Crippen molar-refractivity contribution >= 4 is 27.9 Å². The van der Waals surface area contributed by atoms with Crippen LogP contribution in [-0.2, 0) is 11.2 Å². The summed E-state index contributed by atoms with van der Waals surface area (Å²) >= 11 is 1.39. The third-order valence-electron chi connectivity index (χ3n) is 3.52. The monoisotopic (exact) mass is 313 g/mol. The van der Waals surface area contributed by atoms with Crippen LogP contribution in [-0.4, -0.2) is 15.3 Å². The van der Waals surface area contributed by atoms with Gasteiger partial charge in [-0.25, -0.2) is 4.98 Å². The van der Waals surface area contributed by atoms with Crippen molar-refractivity contribution in [3.05, 3.63) is 63.0 Å². The molecule has 0 saturated carbocycles. The fourth-order valence-corrected chi connectivity index (χ4v) is 3.04. The lowest BCUT2D eigenvalue weighted by Crippen LogP contribution is -2.25. The molecule has 6 heteroatoms. The number of aryl methyl sites for hydroxylation is 2. The highest BCUT2D eigenvalue weighted by Crippen LogP contribution is 2.14. The third-order valence-corrected chi connectivity index (χ3v) is 4.28. The molecular formula is C16H15N3O2S. The number of nitrogens with one attached hydrogen (secondary N) is 1. The van der Waals surface area contributed by atoms with Crippen LogP contribution < -0.4 is 10.9 Å². The molecule has 1 amide bonds. The van der Waals surface area contributed by atoms with Gasteiger partial charge < -0.3 is 5.32 Å². The van der Waals surface area contributed by atoms with Crippen molar-refractivity contribution in [1.29, 1.82) is 0 Å². The van der Waals surface area contributed by atoms with Gasteiger partial charge in [0.05, 0.1) is 12.1 Å². The maximum absolute atomic E-state index is 12.4. The van der Waals surface area contributed by atoms with Gasteiger partial charge in [0.25, 0.3) is 5.56 Å². The molecule has 3 aromatic rings. The van der Waals surface area contributed by atoms with Crippen LogP contribution in [0.2, 0.25) is 0 Å². The number of aromatic nitrogens is 2. The lowest BCUT2D eigenvalue weighted by atomic mass is 10.1. The average molecular weight is 313 g/mol. The van der Waals surface area contributed by atoms with Crippen molar-refractivity contribution in [2.24, 2.45) is 0 Å². The van der Waals surface area contributed by atoms with E-state index in [-0.39, 0.29) is 23.6 Å². The molecule has 22 heavy (non-hydrogen) atoms. The summed E-state index contributed by atoms with van der Waals surface area (Å²) in [4.78, 5) is 29.6. The van der Waals surface area contributed by atoms with E-state index in [1.807, 2.05) is 31.2 Å². The number of carbonyl (C=O) groups is 1. The predicted molar refractivity (Wildman–Crippen MR) is 87.6 cm³/mol. The normalized spacial score (nSPS) is 10.8. The van der Waals surface area contributed by atoms with E-state index < -0.39 is 0 Å². The molecule has 2 heterocycles. The lowest BCUT2D eigenvalue weighted by Gasteiger charge is -2.09. The van der Waals surface area contributed by atoms with E-state index in [0.717, 1.165) is 11.1 Å². The van der Waals surface area contributed by atoms with E-state index in [9.17, 15) is 9.59 Å². The van der Waals surface area contributed by atoms with Crippen LogP contribution in [0, 0.1) is 13.8 Å². The van der Waals surface area contributed by atoms with Gasteiger partial charge in [0, 0.05) is 11.6 Å². The summed E-state index contributed by atoms with van der Waals surface area (Å²) in [7, 11) is 0. The van der Waals surface area contributed by atoms with Crippen LogP contribution in [0.4, 0.5) is 5.69 Å². The number of fused-ring (bicyclic) bond motifs is 1. The van der Waals surface area contributed by atoms with Gasteiger partial charge in [0.15, 0.2) is 4.96 Å². The Hall–Kier alpha value is -2.47. The molecule has 0 spiro atoms. The SMILES string of the molecule is Cc1ccccc1CC(=O)Nc1c(C)nc2sccn2c1=O. The molecule has 2 aromatic heterocycles. The van der Waals surface area contributed by atoms with Gasteiger partial charge in [-0.3, -0.25) is 14.0 Å². The molecule has 1 N–H and O–H groups in total. The first kappa shape index (κ1) is 14.5. The molecule has 112 valence electrons. The Bertz CT molecular complexity index is 911. The second kappa shape index (κ2) is 5.73. The van der Waals surface area contributed by atoms with Gasteiger partial charge in [-0.1, -0.05) is 24.3 Å². The summed E-state index contributed by atoms with van der Waals surface area (Å²) in [5, 5.41) is 4.50. The zero-order valence-electron chi connectivity index (χ0n) is 12.3. The topological polar surface area (TPSA) is 63.5 Å². The largest absolute Gasteiger partial charge is 0.320 e. The molecule has 0 radical (unpaired) electrons. The van der Waals surface area contributed by atoms with Gasteiger partial charge in [0.1, 0.15) is 5.69 Å². The molecule has 5 nitrogen and oxygen atoms in total. The number of nitrogens with zero attached hydrogens (tertiary/aromatic N) is 2. The van der Waals surface area contributed by atoms with Crippen LogP contribution in [0.15, 0.2) is 40.6 Å². The van der Waals surface area contributed by atoms with E-state index in [0.29, 0.717) is 10.7 Å². The second-order valence-electron chi connectivity index (χ2n) is 5.08. The average Bonchev–Trinajstić information content (AvgIpc) is 2.94. The number of anilines is 1. The summed E-state index contributed by atoms with van der Waals surface area (Å²) < 4.78 is 1.45. The van der Waals surface area contributed by atoms with Gasteiger partial charge >= 0.3 is 0 Å². The van der Waals surface area contributed by atoms with Crippen molar-refractivity contribution in [3.63, 3.8) is 0 Å². The quantitative estimate of drug-likeness (QED) is 0.808. The Balaban J connectivity index is 1.88. The summed E-state index contributed by atoms with van der Waals surface area (Å²) in [5.74, 6) is -0.216. The first-order valence-corrected chi connectivity index (χ1v) is 7.75. The van der Waals surface area contributed by atoms with E-state index in [1.54, 1.807) is 18.5 Å². The third kappa shape index (κ3) is 2.65. The minimum absolute atomic E-state index is 0.216. The maximum Gasteiger partial charge on any atom is 0.282 e. The minimum Gasteiger partial charge on any atom is -0.320 e. The van der Waals surface area contributed by atoms with Crippen molar-refractivity contribution < 1.29 is 4.79 Å². The van der Waals surface area contributed by atoms with Gasteiger partial charge in [-0.2, -0.15) is 0 Å². The number of hydrogen-bond donors (Lipinski definition) is 1. The van der Waals surface area contributed by atoms with Crippen molar-refractivity contribution in [1.82, 2.24) is 9.38 Å². The fourth-order valence-electron chi connectivity index (χ4n) is 2.29. The minimum atomic E-state index is -0.248. The van der Waals surface area contributed by atoms with E-state index in [1.165, 1.54) is 15.7 Å². The van der Waals surface area contributed by atoms with Gasteiger partial charge in [-0.05, 0) is 25.0 Å². The second-order valence-corrected chi connectivity index (χ2v) is 5.96. The summed E-state index contributed by atoms with van der Waals surface area (Å²) in [6.07, 6.45) is 1.89. The van der Waals surface area contributed by atoms with Gasteiger partial charge in [0.2, 0.25) is 5.91 Å². The number of hydrogen-bond acceptors (Lipinski definition) is 4. The van der Waals surface area contributed by atoms with E-state index in [2.05, 4.69) is 10.3 Å². The van der Waals surface area contributed by atoms with Crippen molar-refractivity contribution in [3.8, 4) is 0 Å². The Morgan fingerprint density at radius 2 is 2.09 bits per heavy atom. The molecule has 0 saturated heterocycles. The van der Waals surface area contributed by atoms with Crippen LogP contribution >= 0.6 is 11.3 Å². The smallest absolute Gasteiger partial charge is 0.282 e. The molecule has 0 bridgehead atoms. The first-order chi connectivity index (χ1) is 10.6. The summed E-state index contributed by atoms with van der Waals surface area (Å²) in [5.41, 5.74) is 2.53. The molecule has 3 rings (SSSR count). The number of benzene rings is 1. The molecule has 0 aliphatic heterocycles. The molecule has 1 aromatic carbocycles. The van der Waals surface area contributed by atoms with Crippen LogP contribution in [0.5, 0.6) is 0 Å². The van der Waals surface area contributed by atoms with Crippen LogP contribution in [0.1, 0.15) is 16.8 Å². The predicted octanol–water partition coefficient (Wildman–Crippen LogP) is 2.55. The molecule has 0 fully saturated rings. The maximum atomic E-state index is 12.4. The Morgan fingerprint density at radius 1 is 1.32 bits per heavy atom. The molecular weight excluding hydrogens is 298 g/mol. The zero-order chi connectivity index (χ0) is 15.7. The number of amides is 1. The fraction of sp³-hybridized carbons (Fsp3) is 0.188. The van der Waals surface area contributed by atoms with Gasteiger partial charge in [-0.15, -0.1) is 11.3 Å². The van der Waals surface area contributed by atoms with E-state index in [4.69, 9.17) is 0 Å². The summed E-state index contributed by atoms with van der Waals surface area (Å²) in [6.45, 7) is 3.69.